The zero-order valence-electron chi connectivity index (χ0n) is 10.9. The second kappa shape index (κ2) is 13.2. The lowest BCUT2D eigenvalue weighted by Crippen LogP contribution is -2.03. The van der Waals surface area contributed by atoms with Gasteiger partial charge in [0.05, 0.1) is 13.2 Å². The van der Waals surface area contributed by atoms with Crippen molar-refractivity contribution in [3.63, 3.8) is 0 Å². The van der Waals surface area contributed by atoms with Crippen LogP contribution in [0.5, 0.6) is 0 Å². The second-order valence-corrected chi connectivity index (χ2v) is 4.45. The SMILES string of the molecule is C1CCCCCCOOOOOOCCCCC1. The van der Waals surface area contributed by atoms with E-state index in [9.17, 15) is 0 Å². The summed E-state index contributed by atoms with van der Waals surface area (Å²) in [5, 5.41) is 16.7. The third-order valence-corrected chi connectivity index (χ3v) is 2.88. The first-order chi connectivity index (χ1) is 9.00. The van der Waals surface area contributed by atoms with Crippen LogP contribution in [0.15, 0.2) is 0 Å². The van der Waals surface area contributed by atoms with E-state index in [0.717, 1.165) is 25.7 Å². The Bertz CT molecular complexity index is 91.6. The van der Waals surface area contributed by atoms with Crippen LogP contribution in [0.4, 0.5) is 0 Å². The van der Waals surface area contributed by atoms with Gasteiger partial charge in [-0.05, 0) is 33.0 Å². The van der Waals surface area contributed by atoms with Crippen molar-refractivity contribution in [1.82, 2.24) is 0 Å². The molecule has 0 N–H and O–H groups in total. The third-order valence-electron chi connectivity index (χ3n) is 2.88. The number of rotatable bonds is 0. The van der Waals surface area contributed by atoms with Crippen molar-refractivity contribution in [2.45, 2.75) is 64.2 Å². The molecule has 0 bridgehead atoms. The molecule has 0 saturated carbocycles. The van der Waals surface area contributed by atoms with Crippen LogP contribution in [0.3, 0.4) is 0 Å². The molecule has 0 aromatic heterocycles. The largest absolute Gasteiger partial charge is 0.204 e. The molecule has 1 rings (SSSR count). The molecule has 0 radical (unpaired) electrons. The molecule has 0 atom stereocenters. The van der Waals surface area contributed by atoms with E-state index in [-0.39, 0.29) is 0 Å². The molecule has 0 spiro atoms. The van der Waals surface area contributed by atoms with Crippen LogP contribution in [0.2, 0.25) is 0 Å². The van der Waals surface area contributed by atoms with E-state index in [1.807, 2.05) is 0 Å². The van der Waals surface area contributed by atoms with Gasteiger partial charge < -0.3 is 0 Å². The van der Waals surface area contributed by atoms with E-state index in [1.54, 1.807) is 0 Å². The van der Waals surface area contributed by atoms with E-state index in [4.69, 9.17) is 9.78 Å². The summed E-state index contributed by atoms with van der Waals surface area (Å²) in [6.07, 6.45) is 11.9. The van der Waals surface area contributed by atoms with E-state index < -0.39 is 0 Å². The van der Waals surface area contributed by atoms with Crippen molar-refractivity contribution in [3.05, 3.63) is 0 Å². The smallest absolute Gasteiger partial charge is 0.0855 e. The Morgan fingerprint density at radius 2 is 0.667 bits per heavy atom. The first kappa shape index (κ1) is 15.8. The molecule has 1 heterocycles. The predicted octanol–water partition coefficient (Wildman–Crippen LogP) is 3.58. The molecular formula is C12H24O6. The fourth-order valence-electron chi connectivity index (χ4n) is 1.87. The van der Waals surface area contributed by atoms with Crippen molar-refractivity contribution in [2.24, 2.45) is 0 Å². The average molecular weight is 264 g/mol. The Kier molecular flexibility index (Phi) is 11.6. The lowest BCUT2D eigenvalue weighted by molar-refractivity contribution is -0.756. The molecule has 0 aliphatic carbocycles. The predicted molar refractivity (Wildman–Crippen MR) is 62.4 cm³/mol. The highest BCUT2D eigenvalue weighted by atomic mass is 17.8. The summed E-state index contributed by atoms with van der Waals surface area (Å²) in [6.45, 7) is 0.953. The summed E-state index contributed by atoms with van der Waals surface area (Å²) >= 11 is 0. The maximum Gasteiger partial charge on any atom is 0.0855 e. The van der Waals surface area contributed by atoms with Gasteiger partial charge in [-0.3, -0.25) is 0 Å². The van der Waals surface area contributed by atoms with E-state index in [1.165, 1.54) is 38.5 Å². The molecule has 18 heavy (non-hydrogen) atoms. The van der Waals surface area contributed by atoms with E-state index in [0.29, 0.717) is 13.2 Å². The average Bonchev–Trinajstić information content (AvgIpc) is 2.39. The molecule has 6 heteroatoms. The number of hydrogen-bond acceptors (Lipinski definition) is 6. The lowest BCUT2D eigenvalue weighted by atomic mass is 10.1. The fraction of sp³-hybridized carbons (Fsp3) is 1.00. The maximum atomic E-state index is 4.70. The Balaban J connectivity index is 2.00. The molecule has 1 saturated heterocycles. The van der Waals surface area contributed by atoms with Crippen LogP contribution in [0, 0.1) is 0 Å². The summed E-state index contributed by atoms with van der Waals surface area (Å²) in [5.41, 5.74) is 0. The van der Waals surface area contributed by atoms with Gasteiger partial charge in [0.2, 0.25) is 0 Å². The van der Waals surface area contributed by atoms with Gasteiger partial charge in [0.1, 0.15) is 0 Å². The minimum absolute atomic E-state index is 0.476. The van der Waals surface area contributed by atoms with Crippen LogP contribution < -0.4 is 0 Å². The van der Waals surface area contributed by atoms with Crippen LogP contribution in [0.1, 0.15) is 64.2 Å². The van der Waals surface area contributed by atoms with Crippen LogP contribution in [-0.4, -0.2) is 13.2 Å². The van der Waals surface area contributed by atoms with Crippen LogP contribution in [-0.2, 0) is 29.9 Å². The molecular weight excluding hydrogens is 240 g/mol. The summed E-state index contributed by atoms with van der Waals surface area (Å²) in [7, 11) is 0. The lowest BCUT2D eigenvalue weighted by Gasteiger charge is -2.04. The minimum atomic E-state index is 0.476. The summed E-state index contributed by atoms with van der Waals surface area (Å²) in [6, 6.07) is 0. The molecule has 6 nitrogen and oxygen atoms in total. The standard InChI is InChI=1S/C12H24O6/c1-2-4-6-8-10-12-14-16-18-17-15-13-11-9-7-5-3-1/h1-12H2. The topological polar surface area (TPSA) is 55.4 Å². The van der Waals surface area contributed by atoms with Crippen molar-refractivity contribution in [1.29, 1.82) is 0 Å². The van der Waals surface area contributed by atoms with Gasteiger partial charge in [0.15, 0.2) is 0 Å². The molecule has 1 aliphatic heterocycles. The van der Waals surface area contributed by atoms with E-state index >= 15 is 0 Å². The van der Waals surface area contributed by atoms with Crippen LogP contribution in [0.25, 0.3) is 0 Å². The highest BCUT2D eigenvalue weighted by Crippen LogP contribution is 2.11. The van der Waals surface area contributed by atoms with Crippen LogP contribution >= 0.6 is 0 Å². The summed E-state index contributed by atoms with van der Waals surface area (Å²) in [4.78, 5) is 9.39. The number of hydrogen-bond donors (Lipinski definition) is 0. The van der Waals surface area contributed by atoms with Gasteiger partial charge in [-0.25, -0.2) is 9.78 Å². The monoisotopic (exact) mass is 264 g/mol. The van der Waals surface area contributed by atoms with Gasteiger partial charge >= 0.3 is 0 Å². The quantitative estimate of drug-likeness (QED) is 0.623. The Hall–Kier alpha value is -0.240. The van der Waals surface area contributed by atoms with Crippen molar-refractivity contribution < 1.29 is 29.9 Å². The maximum absolute atomic E-state index is 4.70. The van der Waals surface area contributed by atoms with Gasteiger partial charge in [0, 0.05) is 0 Å². The zero-order chi connectivity index (χ0) is 12.7. The normalized spacial score (nSPS) is 24.0. The van der Waals surface area contributed by atoms with E-state index in [2.05, 4.69) is 20.2 Å². The van der Waals surface area contributed by atoms with Gasteiger partial charge in [-0.2, -0.15) is 0 Å². The molecule has 0 aromatic carbocycles. The Morgan fingerprint density at radius 3 is 1.06 bits per heavy atom. The molecule has 108 valence electrons. The first-order valence-corrected chi connectivity index (χ1v) is 6.91. The van der Waals surface area contributed by atoms with Crippen molar-refractivity contribution in [2.75, 3.05) is 13.2 Å². The van der Waals surface area contributed by atoms with Crippen molar-refractivity contribution in [3.8, 4) is 0 Å². The molecule has 1 aliphatic rings. The molecule has 0 unspecified atom stereocenters. The molecule has 0 aromatic rings. The molecule has 0 amide bonds. The van der Waals surface area contributed by atoms with Gasteiger partial charge in [-0.1, -0.05) is 51.4 Å². The minimum Gasteiger partial charge on any atom is -0.204 e. The van der Waals surface area contributed by atoms with Gasteiger partial charge in [-0.15, -0.1) is 0 Å². The summed E-state index contributed by atoms with van der Waals surface area (Å²) in [5.74, 6) is 0. The highest BCUT2D eigenvalue weighted by Gasteiger charge is 1.97. The fourth-order valence-corrected chi connectivity index (χ4v) is 1.87. The highest BCUT2D eigenvalue weighted by molar-refractivity contribution is 4.47. The summed E-state index contributed by atoms with van der Waals surface area (Å²) < 4.78 is 0. The van der Waals surface area contributed by atoms with Gasteiger partial charge in [0.25, 0.3) is 0 Å². The Labute approximate surface area is 108 Å². The molecule has 1 fully saturated rings. The first-order valence-electron chi connectivity index (χ1n) is 6.91. The third kappa shape index (κ3) is 10.9. The van der Waals surface area contributed by atoms with Crippen molar-refractivity contribution >= 4 is 0 Å². The second-order valence-electron chi connectivity index (χ2n) is 4.45. The zero-order valence-corrected chi connectivity index (χ0v) is 10.9. The Morgan fingerprint density at radius 1 is 0.333 bits per heavy atom.